The van der Waals surface area contributed by atoms with Crippen molar-refractivity contribution in [3.8, 4) is 16.9 Å². The number of nitrogens with zero attached hydrogens (tertiary/aromatic N) is 2. The van der Waals surface area contributed by atoms with Gasteiger partial charge in [0.05, 0.1) is 17.7 Å². The minimum atomic E-state index is -3.56. The lowest BCUT2D eigenvalue weighted by molar-refractivity contribution is 0.416. The molecule has 1 saturated heterocycles. The summed E-state index contributed by atoms with van der Waals surface area (Å²) in [5, 5.41) is 6.72. The summed E-state index contributed by atoms with van der Waals surface area (Å²) in [6.07, 6.45) is 1.71. The van der Waals surface area contributed by atoms with Gasteiger partial charge in [-0.1, -0.05) is 0 Å². The predicted molar refractivity (Wildman–Crippen MR) is 141 cm³/mol. The molecule has 5 N–H and O–H groups in total. The van der Waals surface area contributed by atoms with Gasteiger partial charge in [-0.05, 0) is 50.2 Å². The Balaban J connectivity index is 1.64. The summed E-state index contributed by atoms with van der Waals surface area (Å²) in [6.45, 7) is 7.36. The van der Waals surface area contributed by atoms with Crippen LogP contribution >= 0.6 is 0 Å². The van der Waals surface area contributed by atoms with Crippen molar-refractivity contribution in [2.75, 3.05) is 49.2 Å². The minimum Gasteiger partial charge on any atom is -0.496 e. The summed E-state index contributed by atoms with van der Waals surface area (Å²) in [5.74, 6) is 1.10. The number of benzene rings is 2. The van der Waals surface area contributed by atoms with Crippen molar-refractivity contribution < 1.29 is 13.2 Å². The third-order valence-corrected chi connectivity index (χ3v) is 7.39. The van der Waals surface area contributed by atoms with Gasteiger partial charge >= 0.3 is 0 Å². The molecule has 0 radical (unpaired) electrons. The minimum absolute atomic E-state index is 0.187. The molecule has 0 bridgehead atoms. The lowest BCUT2D eigenvalue weighted by atomic mass is 10.0. The molecule has 1 aliphatic heterocycles. The van der Waals surface area contributed by atoms with Gasteiger partial charge in [0.2, 0.25) is 10.0 Å². The molecule has 2 aromatic carbocycles. The quantitative estimate of drug-likeness (QED) is 0.375. The van der Waals surface area contributed by atoms with Crippen LogP contribution < -0.4 is 30.7 Å². The molecule has 3 aromatic rings. The highest BCUT2D eigenvalue weighted by Gasteiger charge is 2.18. The Bertz CT molecular complexity index is 1270. The predicted octanol–water partition coefficient (Wildman–Crippen LogP) is 3.18. The first-order valence-corrected chi connectivity index (χ1v) is 13.0. The second-order valence-electron chi connectivity index (χ2n) is 8.70. The number of hydrogen-bond acceptors (Lipinski definition) is 8. The van der Waals surface area contributed by atoms with Crippen LogP contribution in [0.2, 0.25) is 0 Å². The number of pyridine rings is 1. The van der Waals surface area contributed by atoms with E-state index in [0.29, 0.717) is 5.82 Å². The van der Waals surface area contributed by atoms with E-state index in [4.69, 9.17) is 10.5 Å². The van der Waals surface area contributed by atoms with Crippen molar-refractivity contribution in [1.82, 2.24) is 15.0 Å². The molecule has 4 rings (SSSR count). The molecule has 2 heterocycles. The van der Waals surface area contributed by atoms with Gasteiger partial charge < -0.3 is 26.0 Å². The SMILES string of the molecule is COc1cc(N2CCNCC2)ccc1-c1cnc(N)cc1Nc1ccc(S(=O)(=O)NC(C)C)cc1. The third kappa shape index (κ3) is 5.84. The van der Waals surface area contributed by atoms with Crippen LogP contribution in [0.1, 0.15) is 13.8 Å². The number of hydrogen-bond donors (Lipinski definition) is 4. The van der Waals surface area contributed by atoms with Crippen molar-refractivity contribution >= 4 is 32.9 Å². The van der Waals surface area contributed by atoms with Crippen molar-refractivity contribution in [3.05, 3.63) is 54.7 Å². The molecule has 1 aromatic heterocycles. The summed E-state index contributed by atoms with van der Waals surface area (Å²) in [5.41, 5.74) is 10.3. The molecular formula is C25H32N6O3S. The van der Waals surface area contributed by atoms with Crippen LogP contribution in [0.15, 0.2) is 59.6 Å². The van der Waals surface area contributed by atoms with Crippen LogP contribution in [0, 0.1) is 0 Å². The fourth-order valence-electron chi connectivity index (χ4n) is 4.06. The first-order chi connectivity index (χ1) is 16.8. The zero-order chi connectivity index (χ0) is 25.0. The summed E-state index contributed by atoms with van der Waals surface area (Å²) in [7, 11) is -1.91. The molecule has 0 atom stereocenters. The van der Waals surface area contributed by atoms with Gasteiger partial charge in [0.15, 0.2) is 0 Å². The smallest absolute Gasteiger partial charge is 0.240 e. The number of nitrogens with one attached hydrogen (secondary N) is 3. The van der Waals surface area contributed by atoms with Gasteiger partial charge in [0, 0.05) is 73.1 Å². The van der Waals surface area contributed by atoms with Crippen LogP contribution in [0.5, 0.6) is 5.75 Å². The summed E-state index contributed by atoms with van der Waals surface area (Å²) in [4.78, 5) is 6.83. The number of anilines is 4. The van der Waals surface area contributed by atoms with Crippen LogP contribution in [-0.4, -0.2) is 52.7 Å². The summed E-state index contributed by atoms with van der Waals surface area (Å²) < 4.78 is 33.2. The lowest BCUT2D eigenvalue weighted by Crippen LogP contribution is -2.43. The molecule has 0 saturated carbocycles. The molecule has 10 heteroatoms. The van der Waals surface area contributed by atoms with Gasteiger partial charge in [-0.3, -0.25) is 0 Å². The van der Waals surface area contributed by atoms with E-state index < -0.39 is 10.0 Å². The van der Waals surface area contributed by atoms with Gasteiger partial charge in [0.1, 0.15) is 11.6 Å². The van der Waals surface area contributed by atoms with Crippen molar-refractivity contribution in [2.24, 2.45) is 0 Å². The molecular weight excluding hydrogens is 464 g/mol. The molecule has 0 unspecified atom stereocenters. The number of piperazine rings is 1. The molecule has 35 heavy (non-hydrogen) atoms. The Morgan fingerprint density at radius 2 is 1.77 bits per heavy atom. The maximum Gasteiger partial charge on any atom is 0.240 e. The van der Waals surface area contributed by atoms with E-state index in [2.05, 4.69) is 31.3 Å². The van der Waals surface area contributed by atoms with Gasteiger partial charge in [-0.2, -0.15) is 0 Å². The Morgan fingerprint density at radius 3 is 2.43 bits per heavy atom. The fraction of sp³-hybridized carbons (Fsp3) is 0.320. The molecule has 0 spiro atoms. The number of ether oxygens (including phenoxy) is 1. The first kappa shape index (κ1) is 24.8. The Kier molecular flexibility index (Phi) is 7.44. The summed E-state index contributed by atoms with van der Waals surface area (Å²) in [6, 6.07) is 14.3. The average molecular weight is 497 g/mol. The van der Waals surface area contributed by atoms with Crippen LogP contribution in [-0.2, 0) is 10.0 Å². The van der Waals surface area contributed by atoms with Gasteiger partial charge in [-0.15, -0.1) is 0 Å². The maximum atomic E-state index is 12.4. The number of sulfonamides is 1. The molecule has 1 aliphatic rings. The second kappa shape index (κ2) is 10.5. The molecule has 9 nitrogen and oxygen atoms in total. The number of aromatic nitrogens is 1. The monoisotopic (exact) mass is 496 g/mol. The van der Waals surface area contributed by atoms with Crippen LogP contribution in [0.3, 0.4) is 0 Å². The van der Waals surface area contributed by atoms with Gasteiger partial charge in [-0.25, -0.2) is 18.1 Å². The first-order valence-electron chi connectivity index (χ1n) is 11.6. The third-order valence-electron chi connectivity index (χ3n) is 5.72. The summed E-state index contributed by atoms with van der Waals surface area (Å²) >= 11 is 0. The van der Waals surface area contributed by atoms with Crippen molar-refractivity contribution in [2.45, 2.75) is 24.8 Å². The normalized spacial score (nSPS) is 14.2. The standard InChI is InChI=1S/C25H32N6O3S/c1-17(2)30-35(32,33)20-7-4-18(5-8-20)29-23-15-25(26)28-16-22(23)21-9-6-19(14-24(21)34-3)31-12-10-27-11-13-31/h4-9,14-17,27,30H,10-13H2,1-3H3,(H3,26,28,29). The van der Waals surface area contributed by atoms with E-state index in [-0.39, 0.29) is 10.9 Å². The Morgan fingerprint density at radius 1 is 1.06 bits per heavy atom. The highest BCUT2D eigenvalue weighted by atomic mass is 32.2. The van der Waals surface area contributed by atoms with Gasteiger partial charge in [0.25, 0.3) is 0 Å². The molecule has 1 fully saturated rings. The highest BCUT2D eigenvalue weighted by molar-refractivity contribution is 7.89. The number of rotatable bonds is 8. The second-order valence-corrected chi connectivity index (χ2v) is 10.4. The van der Waals surface area contributed by atoms with E-state index in [1.807, 2.05) is 12.1 Å². The maximum absolute atomic E-state index is 12.4. The number of methoxy groups -OCH3 is 1. The highest BCUT2D eigenvalue weighted by Crippen LogP contribution is 2.39. The largest absolute Gasteiger partial charge is 0.496 e. The van der Waals surface area contributed by atoms with Crippen LogP contribution in [0.25, 0.3) is 11.1 Å². The molecule has 186 valence electrons. The zero-order valence-electron chi connectivity index (χ0n) is 20.2. The zero-order valence-corrected chi connectivity index (χ0v) is 21.0. The van der Waals surface area contributed by atoms with E-state index in [0.717, 1.165) is 60.1 Å². The van der Waals surface area contributed by atoms with Crippen molar-refractivity contribution in [3.63, 3.8) is 0 Å². The van der Waals surface area contributed by atoms with E-state index >= 15 is 0 Å². The van der Waals surface area contributed by atoms with Crippen molar-refractivity contribution in [1.29, 1.82) is 0 Å². The van der Waals surface area contributed by atoms with E-state index in [9.17, 15) is 8.42 Å². The molecule has 0 amide bonds. The number of nitrogen functional groups attached to an aromatic ring is 1. The fourth-order valence-corrected chi connectivity index (χ4v) is 5.31. The lowest BCUT2D eigenvalue weighted by Gasteiger charge is -2.30. The topological polar surface area (TPSA) is 122 Å². The average Bonchev–Trinajstić information content (AvgIpc) is 2.84. The van der Waals surface area contributed by atoms with E-state index in [1.165, 1.54) is 0 Å². The Labute approximate surface area is 206 Å². The van der Waals surface area contributed by atoms with E-state index in [1.54, 1.807) is 57.5 Å². The Hall–Kier alpha value is -3.34. The number of nitrogens with two attached hydrogens (primary N) is 1. The van der Waals surface area contributed by atoms with Crippen LogP contribution in [0.4, 0.5) is 22.9 Å². The molecule has 0 aliphatic carbocycles.